The summed E-state index contributed by atoms with van der Waals surface area (Å²) in [6, 6.07) is 7.39. The van der Waals surface area contributed by atoms with Gasteiger partial charge in [-0.3, -0.25) is 0 Å². The fraction of sp³-hybridized carbons (Fsp3) is 0.647. The van der Waals surface area contributed by atoms with Crippen molar-refractivity contribution in [2.75, 3.05) is 32.0 Å². The van der Waals surface area contributed by atoms with Crippen molar-refractivity contribution < 1.29 is 9.84 Å². The molecule has 21 heavy (non-hydrogen) atoms. The van der Waals surface area contributed by atoms with E-state index in [1.807, 2.05) is 18.2 Å². The van der Waals surface area contributed by atoms with Crippen molar-refractivity contribution in [3.63, 3.8) is 0 Å². The topological polar surface area (TPSA) is 58.7 Å². The summed E-state index contributed by atoms with van der Waals surface area (Å²) < 4.78 is 5.61. The predicted octanol–water partition coefficient (Wildman–Crippen LogP) is 2.52. The van der Waals surface area contributed by atoms with Gasteiger partial charge in [0.25, 0.3) is 0 Å². The average molecular weight is 292 g/mol. The molecule has 0 aromatic heterocycles. The van der Waals surface area contributed by atoms with Gasteiger partial charge < -0.3 is 20.5 Å². The maximum absolute atomic E-state index is 10.2. The molecule has 1 saturated heterocycles. The SMILES string of the molecule is CCC1(CC)CCN(CC(O)COc2ccccc2N)C1. The van der Waals surface area contributed by atoms with E-state index in [9.17, 15) is 5.11 Å². The minimum absolute atomic E-state index is 0.288. The predicted molar refractivity (Wildman–Crippen MR) is 86.4 cm³/mol. The van der Waals surface area contributed by atoms with Crippen LogP contribution < -0.4 is 10.5 Å². The Bertz CT molecular complexity index is 446. The Balaban J connectivity index is 1.78. The lowest BCUT2D eigenvalue weighted by Gasteiger charge is -2.27. The number of aliphatic hydroxyl groups excluding tert-OH is 1. The molecule has 1 atom stereocenters. The van der Waals surface area contributed by atoms with E-state index in [0.29, 0.717) is 23.4 Å². The zero-order valence-corrected chi connectivity index (χ0v) is 13.2. The fourth-order valence-electron chi connectivity index (χ4n) is 3.16. The van der Waals surface area contributed by atoms with Crippen molar-refractivity contribution >= 4 is 5.69 Å². The van der Waals surface area contributed by atoms with Crippen LogP contribution in [0.5, 0.6) is 5.75 Å². The molecule has 1 aliphatic rings. The van der Waals surface area contributed by atoms with Gasteiger partial charge >= 0.3 is 0 Å². The molecule has 0 radical (unpaired) electrons. The molecule has 0 spiro atoms. The first kappa shape index (κ1) is 16.1. The molecule has 3 N–H and O–H groups in total. The average Bonchev–Trinajstić information content (AvgIpc) is 2.90. The van der Waals surface area contributed by atoms with Crippen molar-refractivity contribution in [3.05, 3.63) is 24.3 Å². The van der Waals surface area contributed by atoms with E-state index in [-0.39, 0.29) is 6.61 Å². The summed E-state index contributed by atoms with van der Waals surface area (Å²) in [5, 5.41) is 10.2. The molecule has 1 unspecified atom stereocenters. The highest BCUT2D eigenvalue weighted by Crippen LogP contribution is 2.36. The lowest BCUT2D eigenvalue weighted by Crippen LogP contribution is -2.35. The summed E-state index contributed by atoms with van der Waals surface area (Å²) in [5.41, 5.74) is 6.89. The van der Waals surface area contributed by atoms with Crippen LogP contribution in [0.3, 0.4) is 0 Å². The van der Waals surface area contributed by atoms with Crippen LogP contribution in [0.4, 0.5) is 5.69 Å². The van der Waals surface area contributed by atoms with Crippen molar-refractivity contribution in [3.8, 4) is 5.75 Å². The number of nitrogen functional groups attached to an aromatic ring is 1. The van der Waals surface area contributed by atoms with Crippen LogP contribution in [0, 0.1) is 5.41 Å². The first-order valence-corrected chi connectivity index (χ1v) is 7.96. The van der Waals surface area contributed by atoms with Gasteiger partial charge in [0.05, 0.1) is 5.69 Å². The molecule has 1 aromatic carbocycles. The molecule has 2 rings (SSSR count). The van der Waals surface area contributed by atoms with E-state index in [1.54, 1.807) is 6.07 Å². The molecule has 0 bridgehead atoms. The van der Waals surface area contributed by atoms with Crippen LogP contribution in [-0.2, 0) is 0 Å². The molecule has 0 amide bonds. The van der Waals surface area contributed by atoms with E-state index in [4.69, 9.17) is 10.5 Å². The molecule has 118 valence electrons. The highest BCUT2D eigenvalue weighted by Gasteiger charge is 2.35. The molecule has 1 heterocycles. The lowest BCUT2D eigenvalue weighted by atomic mass is 9.82. The number of β-amino-alcohol motifs (C(OH)–C–C–N with tert-alkyl or cyclic N) is 1. The largest absolute Gasteiger partial charge is 0.489 e. The first-order chi connectivity index (χ1) is 10.1. The summed E-state index contributed by atoms with van der Waals surface area (Å²) in [7, 11) is 0. The standard InChI is InChI=1S/C17H28N2O2/c1-3-17(4-2)9-10-19(13-17)11-14(20)12-21-16-8-6-5-7-15(16)18/h5-8,14,20H,3-4,9-13,18H2,1-2H3. The molecule has 0 aliphatic carbocycles. The van der Waals surface area contributed by atoms with Gasteiger partial charge in [-0.1, -0.05) is 26.0 Å². The number of hydrogen-bond donors (Lipinski definition) is 2. The van der Waals surface area contributed by atoms with Gasteiger partial charge in [0.1, 0.15) is 18.5 Å². The summed E-state index contributed by atoms with van der Waals surface area (Å²) in [6.07, 6.45) is 3.19. The number of hydrogen-bond acceptors (Lipinski definition) is 4. The Hall–Kier alpha value is -1.26. The first-order valence-electron chi connectivity index (χ1n) is 7.96. The third-order valence-electron chi connectivity index (χ3n) is 4.84. The minimum Gasteiger partial charge on any atom is -0.489 e. The van der Waals surface area contributed by atoms with Gasteiger partial charge in [0.2, 0.25) is 0 Å². The van der Waals surface area contributed by atoms with Gasteiger partial charge in [-0.15, -0.1) is 0 Å². The molecule has 1 aliphatic heterocycles. The quantitative estimate of drug-likeness (QED) is 0.758. The second-order valence-corrected chi connectivity index (χ2v) is 6.19. The Morgan fingerprint density at radius 2 is 2.05 bits per heavy atom. The number of rotatable bonds is 7. The lowest BCUT2D eigenvalue weighted by molar-refractivity contribution is 0.0716. The number of anilines is 1. The van der Waals surface area contributed by atoms with Crippen LogP contribution in [0.15, 0.2) is 24.3 Å². The van der Waals surface area contributed by atoms with E-state index in [0.717, 1.165) is 13.1 Å². The van der Waals surface area contributed by atoms with Gasteiger partial charge in [-0.05, 0) is 43.4 Å². The number of likely N-dealkylation sites (tertiary alicyclic amines) is 1. The van der Waals surface area contributed by atoms with Crippen LogP contribution in [0.25, 0.3) is 0 Å². The smallest absolute Gasteiger partial charge is 0.142 e. The summed E-state index contributed by atoms with van der Waals surface area (Å²) in [5.74, 6) is 0.648. The normalized spacial score (nSPS) is 19.6. The van der Waals surface area contributed by atoms with Crippen LogP contribution in [0.1, 0.15) is 33.1 Å². The van der Waals surface area contributed by atoms with Crippen LogP contribution >= 0.6 is 0 Å². The van der Waals surface area contributed by atoms with Gasteiger partial charge in [-0.25, -0.2) is 0 Å². The second kappa shape index (κ2) is 7.14. The molecular weight excluding hydrogens is 264 g/mol. The summed E-state index contributed by atoms with van der Waals surface area (Å²) in [6.45, 7) is 7.66. The van der Waals surface area contributed by atoms with Crippen molar-refractivity contribution in [2.24, 2.45) is 5.41 Å². The number of nitrogens with zero attached hydrogens (tertiary/aromatic N) is 1. The highest BCUT2D eigenvalue weighted by atomic mass is 16.5. The second-order valence-electron chi connectivity index (χ2n) is 6.19. The zero-order valence-electron chi connectivity index (χ0n) is 13.2. The van der Waals surface area contributed by atoms with E-state index in [1.165, 1.54) is 19.3 Å². The number of benzene rings is 1. The monoisotopic (exact) mass is 292 g/mol. The van der Waals surface area contributed by atoms with E-state index >= 15 is 0 Å². The van der Waals surface area contributed by atoms with Crippen LogP contribution in [-0.4, -0.2) is 42.4 Å². The Labute approximate surface area is 127 Å². The molecule has 4 nitrogen and oxygen atoms in total. The Morgan fingerprint density at radius 3 is 2.67 bits per heavy atom. The van der Waals surface area contributed by atoms with Gasteiger partial charge in [0, 0.05) is 13.1 Å². The molecule has 4 heteroatoms. The Morgan fingerprint density at radius 1 is 1.33 bits per heavy atom. The molecule has 1 aromatic rings. The van der Waals surface area contributed by atoms with E-state index < -0.39 is 6.10 Å². The zero-order chi connectivity index (χ0) is 15.3. The molecule has 1 fully saturated rings. The maximum atomic E-state index is 10.2. The highest BCUT2D eigenvalue weighted by molar-refractivity contribution is 5.51. The number of nitrogens with two attached hydrogens (primary N) is 1. The Kier molecular flexibility index (Phi) is 5.48. The fourth-order valence-corrected chi connectivity index (χ4v) is 3.16. The third-order valence-corrected chi connectivity index (χ3v) is 4.84. The number of aliphatic hydroxyl groups is 1. The third kappa shape index (κ3) is 4.11. The van der Waals surface area contributed by atoms with Crippen LogP contribution in [0.2, 0.25) is 0 Å². The van der Waals surface area contributed by atoms with Crippen molar-refractivity contribution in [2.45, 2.75) is 39.2 Å². The summed E-state index contributed by atoms with van der Waals surface area (Å²) in [4.78, 5) is 2.36. The molecular formula is C17H28N2O2. The number of para-hydroxylation sites is 2. The minimum atomic E-state index is -0.478. The maximum Gasteiger partial charge on any atom is 0.142 e. The summed E-state index contributed by atoms with van der Waals surface area (Å²) >= 11 is 0. The van der Waals surface area contributed by atoms with E-state index in [2.05, 4.69) is 18.7 Å². The van der Waals surface area contributed by atoms with Crippen molar-refractivity contribution in [1.82, 2.24) is 4.90 Å². The van der Waals surface area contributed by atoms with Crippen molar-refractivity contribution in [1.29, 1.82) is 0 Å². The van der Waals surface area contributed by atoms with Gasteiger partial charge in [-0.2, -0.15) is 0 Å². The number of ether oxygens (including phenoxy) is 1. The van der Waals surface area contributed by atoms with Gasteiger partial charge in [0.15, 0.2) is 0 Å². The molecule has 0 saturated carbocycles.